The summed E-state index contributed by atoms with van der Waals surface area (Å²) in [6.07, 6.45) is 4.78. The number of hydrogen-bond donors (Lipinski definition) is 1. The van der Waals surface area contributed by atoms with E-state index in [4.69, 9.17) is 14.2 Å². The molecular formula is C33H50O4Si. The molecule has 0 aliphatic heterocycles. The Morgan fingerprint density at radius 3 is 2.05 bits per heavy atom. The Labute approximate surface area is 232 Å². The van der Waals surface area contributed by atoms with Gasteiger partial charge in [-0.3, -0.25) is 0 Å². The van der Waals surface area contributed by atoms with Crippen LogP contribution in [0.2, 0.25) is 22.2 Å². The number of unbranched alkanes of at least 4 members (excludes halogenated alkanes) is 2. The minimum Gasteiger partial charge on any atom is -0.506 e. The first-order valence-electron chi connectivity index (χ1n) is 14.6. The van der Waals surface area contributed by atoms with E-state index in [-0.39, 0.29) is 11.9 Å². The number of rotatable bonds is 10. The molecule has 4 nitrogen and oxygen atoms in total. The summed E-state index contributed by atoms with van der Waals surface area (Å²) in [4.78, 5) is 0. The molecule has 3 rings (SSSR count). The minimum atomic E-state index is -1.82. The van der Waals surface area contributed by atoms with Crippen LogP contribution >= 0.6 is 0 Å². The van der Waals surface area contributed by atoms with Crippen LogP contribution in [0, 0.1) is 11.8 Å². The van der Waals surface area contributed by atoms with E-state index in [1.165, 1.54) is 11.1 Å². The maximum Gasteiger partial charge on any atom is 0.172 e. The van der Waals surface area contributed by atoms with Crippen molar-refractivity contribution in [2.75, 3.05) is 14.2 Å². The molecule has 0 bridgehead atoms. The van der Waals surface area contributed by atoms with E-state index in [0.29, 0.717) is 44.6 Å². The van der Waals surface area contributed by atoms with Crippen LogP contribution in [0.25, 0.3) is 10.8 Å². The van der Waals surface area contributed by atoms with E-state index in [1.807, 2.05) is 13.8 Å². The number of hydrogen-bond acceptors (Lipinski definition) is 4. The quantitative estimate of drug-likeness (QED) is 0.186. The van der Waals surface area contributed by atoms with Crippen molar-refractivity contribution >= 4 is 18.8 Å². The topological polar surface area (TPSA) is 47.9 Å². The Hall–Kier alpha value is -2.32. The first kappa shape index (κ1) is 30.2. The molecule has 0 fully saturated rings. The molecule has 0 spiro atoms. The van der Waals surface area contributed by atoms with Crippen molar-refractivity contribution in [2.45, 2.75) is 123 Å². The minimum absolute atomic E-state index is 0.0365. The zero-order valence-electron chi connectivity index (χ0n) is 25.7. The Kier molecular flexibility index (Phi) is 9.74. The zero-order chi connectivity index (χ0) is 28.4. The fourth-order valence-corrected chi connectivity index (χ4v) is 15.7. The van der Waals surface area contributed by atoms with Crippen molar-refractivity contribution in [3.63, 3.8) is 0 Å². The smallest absolute Gasteiger partial charge is 0.172 e. The molecule has 2 aromatic carbocycles. The summed E-state index contributed by atoms with van der Waals surface area (Å²) >= 11 is 0. The van der Waals surface area contributed by atoms with Gasteiger partial charge in [-0.1, -0.05) is 83.4 Å². The zero-order valence-corrected chi connectivity index (χ0v) is 26.7. The van der Waals surface area contributed by atoms with Crippen molar-refractivity contribution < 1.29 is 19.3 Å². The van der Waals surface area contributed by atoms with E-state index < -0.39 is 8.07 Å². The lowest BCUT2D eigenvalue weighted by molar-refractivity contribution is 0.238. The van der Waals surface area contributed by atoms with Gasteiger partial charge in [0.1, 0.15) is 17.1 Å². The van der Waals surface area contributed by atoms with E-state index in [2.05, 4.69) is 66.4 Å². The van der Waals surface area contributed by atoms with Gasteiger partial charge >= 0.3 is 0 Å². The molecule has 0 amide bonds. The van der Waals surface area contributed by atoms with Crippen LogP contribution in [-0.4, -0.2) is 33.5 Å². The first-order chi connectivity index (χ1) is 18.0. The summed E-state index contributed by atoms with van der Waals surface area (Å²) in [7, 11) is 1.50. The predicted octanol–water partition coefficient (Wildman–Crippen LogP) is 9.04. The SMILES string of the molecule is CCCCC#Cc1c(OC(C)C)c2c3c(cc(OC)c(OC)c3c1O)CC([Si](C(C)C)(C(C)C)C(C)C)C2. The van der Waals surface area contributed by atoms with Crippen LogP contribution in [0.15, 0.2) is 6.07 Å². The van der Waals surface area contributed by atoms with Crippen molar-refractivity contribution in [1.29, 1.82) is 0 Å². The molecule has 5 heteroatoms. The van der Waals surface area contributed by atoms with Gasteiger partial charge in [0, 0.05) is 12.0 Å². The van der Waals surface area contributed by atoms with Crippen LogP contribution in [0.4, 0.5) is 0 Å². The van der Waals surface area contributed by atoms with Crippen molar-refractivity contribution in [3.05, 3.63) is 22.8 Å². The number of phenolic OH excluding ortho intramolecular Hbond substituents is 1. The van der Waals surface area contributed by atoms with Crippen molar-refractivity contribution in [2.24, 2.45) is 0 Å². The molecule has 0 saturated carbocycles. The Morgan fingerprint density at radius 1 is 0.921 bits per heavy atom. The van der Waals surface area contributed by atoms with Gasteiger partial charge in [0.15, 0.2) is 11.5 Å². The van der Waals surface area contributed by atoms with Gasteiger partial charge in [-0.15, -0.1) is 0 Å². The molecule has 1 atom stereocenters. The van der Waals surface area contributed by atoms with Crippen molar-refractivity contribution in [3.8, 4) is 34.8 Å². The lowest BCUT2D eigenvalue weighted by Crippen LogP contribution is -2.51. The second-order valence-corrected chi connectivity index (χ2v) is 18.5. The lowest BCUT2D eigenvalue weighted by atomic mass is 9.84. The summed E-state index contributed by atoms with van der Waals surface area (Å²) in [5.41, 5.74) is 5.45. The van der Waals surface area contributed by atoms with Gasteiger partial charge in [-0.25, -0.2) is 0 Å². The van der Waals surface area contributed by atoms with Gasteiger partial charge in [0.05, 0.1) is 33.8 Å². The van der Waals surface area contributed by atoms with Crippen LogP contribution < -0.4 is 14.2 Å². The average Bonchev–Trinajstić information content (AvgIpc) is 2.84. The number of phenols is 1. The molecule has 0 heterocycles. The maximum absolute atomic E-state index is 11.8. The lowest BCUT2D eigenvalue weighted by Gasteiger charge is -2.50. The monoisotopic (exact) mass is 538 g/mol. The van der Waals surface area contributed by atoms with E-state index in [0.717, 1.165) is 43.2 Å². The fraction of sp³-hybridized carbons (Fsp3) is 0.636. The Morgan fingerprint density at radius 2 is 1.55 bits per heavy atom. The highest BCUT2D eigenvalue weighted by Gasteiger charge is 2.50. The molecular weight excluding hydrogens is 488 g/mol. The second-order valence-electron chi connectivity index (χ2n) is 12.2. The fourth-order valence-electron chi connectivity index (χ4n) is 7.72. The molecule has 38 heavy (non-hydrogen) atoms. The number of methoxy groups -OCH3 is 2. The number of aromatic hydroxyl groups is 1. The number of benzene rings is 2. The van der Waals surface area contributed by atoms with Crippen molar-refractivity contribution in [1.82, 2.24) is 0 Å². The molecule has 0 radical (unpaired) electrons. The van der Waals surface area contributed by atoms with E-state index >= 15 is 0 Å². The van der Waals surface area contributed by atoms with Gasteiger partial charge in [0.25, 0.3) is 0 Å². The molecule has 1 aliphatic rings. The van der Waals surface area contributed by atoms with Gasteiger partial charge in [-0.05, 0) is 55.7 Å². The van der Waals surface area contributed by atoms with Gasteiger partial charge in [0.2, 0.25) is 0 Å². The molecule has 0 aromatic heterocycles. The average molecular weight is 539 g/mol. The molecule has 1 unspecified atom stereocenters. The normalized spacial score (nSPS) is 15.4. The third-order valence-electron chi connectivity index (χ3n) is 8.87. The van der Waals surface area contributed by atoms with Crippen LogP contribution in [0.1, 0.15) is 98.3 Å². The third kappa shape index (κ3) is 5.14. The van der Waals surface area contributed by atoms with E-state index in [9.17, 15) is 5.11 Å². The molecule has 210 valence electrons. The van der Waals surface area contributed by atoms with E-state index in [1.54, 1.807) is 14.2 Å². The highest BCUT2D eigenvalue weighted by atomic mass is 28.3. The van der Waals surface area contributed by atoms with Gasteiger partial charge in [-0.2, -0.15) is 0 Å². The second kappa shape index (κ2) is 12.2. The van der Waals surface area contributed by atoms with Crippen LogP contribution in [0.5, 0.6) is 23.0 Å². The molecule has 1 aliphatic carbocycles. The standard InChI is InChI=1S/C33H50O4Si/c1-12-13-14-15-16-26-31(34)30-29-24(18-28(35-10)33(30)36-11)17-25(19-27(29)32(26)37-20(2)3)38(21(4)5,22(6)7)23(8)9/h18,20-23,25,34H,12-14,17,19H2,1-11H3. The third-order valence-corrected chi connectivity index (χ3v) is 16.7. The molecule has 1 N–H and O–H groups in total. The molecule has 2 aromatic rings. The highest BCUT2D eigenvalue weighted by molar-refractivity contribution is 6.84. The summed E-state index contributed by atoms with van der Waals surface area (Å²) in [5.74, 6) is 8.76. The van der Waals surface area contributed by atoms with Crippen LogP contribution in [0.3, 0.4) is 0 Å². The summed E-state index contributed by atoms with van der Waals surface area (Å²) < 4.78 is 18.3. The summed E-state index contributed by atoms with van der Waals surface area (Å²) in [6, 6.07) is 2.14. The maximum atomic E-state index is 11.8. The van der Waals surface area contributed by atoms with Gasteiger partial charge < -0.3 is 19.3 Å². The molecule has 0 saturated heterocycles. The highest BCUT2D eigenvalue weighted by Crippen LogP contribution is 2.58. The Balaban J connectivity index is 2.47. The summed E-state index contributed by atoms with van der Waals surface area (Å²) in [5, 5.41) is 13.5. The number of ether oxygens (including phenoxy) is 3. The predicted molar refractivity (Wildman–Crippen MR) is 163 cm³/mol. The van der Waals surface area contributed by atoms with Crippen LogP contribution in [-0.2, 0) is 12.8 Å². The Bertz CT molecular complexity index is 1180. The first-order valence-corrected chi connectivity index (χ1v) is 16.9. The largest absolute Gasteiger partial charge is 0.506 e. The summed E-state index contributed by atoms with van der Waals surface area (Å²) in [6.45, 7) is 20.9.